The maximum atomic E-state index is 6.03. The van der Waals surface area contributed by atoms with Gasteiger partial charge in [0.05, 0.1) is 10.2 Å². The predicted molar refractivity (Wildman–Crippen MR) is 80.5 cm³/mol. The van der Waals surface area contributed by atoms with E-state index in [0.717, 1.165) is 42.0 Å². The van der Waals surface area contributed by atoms with Crippen molar-refractivity contribution in [3.63, 3.8) is 0 Å². The van der Waals surface area contributed by atoms with Gasteiger partial charge in [-0.1, -0.05) is 6.07 Å². The Morgan fingerprint density at radius 3 is 3.05 bits per heavy atom. The molecule has 104 valence electrons. The van der Waals surface area contributed by atoms with Crippen LogP contribution in [0.15, 0.2) is 47.3 Å². The molecule has 4 nitrogen and oxygen atoms in total. The summed E-state index contributed by atoms with van der Waals surface area (Å²) in [5, 5.41) is 0. The van der Waals surface area contributed by atoms with Crippen molar-refractivity contribution in [2.24, 2.45) is 0 Å². The van der Waals surface area contributed by atoms with Crippen molar-refractivity contribution < 1.29 is 4.74 Å². The minimum absolute atomic E-state index is 0.234. The van der Waals surface area contributed by atoms with Crippen LogP contribution in [0.4, 0.5) is 0 Å². The van der Waals surface area contributed by atoms with E-state index in [1.54, 1.807) is 12.4 Å². The second kappa shape index (κ2) is 6.33. The van der Waals surface area contributed by atoms with Crippen molar-refractivity contribution >= 4 is 15.9 Å². The van der Waals surface area contributed by atoms with Crippen LogP contribution in [0.1, 0.15) is 12.1 Å². The van der Waals surface area contributed by atoms with E-state index in [2.05, 4.69) is 36.9 Å². The molecule has 2 aromatic heterocycles. The quantitative estimate of drug-likeness (QED) is 0.862. The molecule has 1 unspecified atom stereocenters. The molecule has 0 aliphatic carbocycles. The molecular formula is C15H16BrN3O. The molecule has 20 heavy (non-hydrogen) atoms. The van der Waals surface area contributed by atoms with Crippen LogP contribution in [0.25, 0.3) is 0 Å². The van der Waals surface area contributed by atoms with Crippen molar-refractivity contribution in [3.05, 3.63) is 53.0 Å². The van der Waals surface area contributed by atoms with E-state index in [9.17, 15) is 0 Å². The SMILES string of the molecule is Brc1cnccc1OC1CCN(Cc2ccccn2)C1. The number of aromatic nitrogens is 2. The van der Waals surface area contributed by atoms with Crippen LogP contribution in [0.2, 0.25) is 0 Å². The predicted octanol–water partition coefficient (Wildman–Crippen LogP) is 2.89. The molecule has 5 heteroatoms. The lowest BCUT2D eigenvalue weighted by molar-refractivity contribution is 0.196. The number of rotatable bonds is 4. The largest absolute Gasteiger partial charge is 0.488 e. The van der Waals surface area contributed by atoms with Crippen molar-refractivity contribution in [2.45, 2.75) is 19.1 Å². The lowest BCUT2D eigenvalue weighted by Gasteiger charge is -2.17. The van der Waals surface area contributed by atoms with Gasteiger partial charge in [0.25, 0.3) is 0 Å². The highest BCUT2D eigenvalue weighted by Crippen LogP contribution is 2.26. The maximum absolute atomic E-state index is 6.03. The second-order valence-corrected chi connectivity index (χ2v) is 5.75. The molecule has 1 fully saturated rings. The van der Waals surface area contributed by atoms with Gasteiger partial charge in [-0.05, 0) is 40.5 Å². The first-order chi connectivity index (χ1) is 9.81. The highest BCUT2D eigenvalue weighted by atomic mass is 79.9. The van der Waals surface area contributed by atoms with Gasteiger partial charge >= 0.3 is 0 Å². The topological polar surface area (TPSA) is 38.2 Å². The van der Waals surface area contributed by atoms with Crippen LogP contribution >= 0.6 is 15.9 Å². The monoisotopic (exact) mass is 333 g/mol. The van der Waals surface area contributed by atoms with Gasteiger partial charge in [-0.15, -0.1) is 0 Å². The number of hydrogen-bond acceptors (Lipinski definition) is 4. The van der Waals surface area contributed by atoms with Gasteiger partial charge in [0.2, 0.25) is 0 Å². The Balaban J connectivity index is 1.56. The molecule has 1 atom stereocenters. The lowest BCUT2D eigenvalue weighted by atomic mass is 10.3. The summed E-state index contributed by atoms with van der Waals surface area (Å²) >= 11 is 3.46. The Morgan fingerprint density at radius 1 is 1.30 bits per heavy atom. The van der Waals surface area contributed by atoms with E-state index >= 15 is 0 Å². The van der Waals surface area contributed by atoms with E-state index in [4.69, 9.17) is 4.74 Å². The number of pyridine rings is 2. The Morgan fingerprint density at radius 2 is 2.25 bits per heavy atom. The molecule has 3 rings (SSSR count). The average molecular weight is 334 g/mol. The fourth-order valence-electron chi connectivity index (χ4n) is 2.40. The molecule has 1 aliphatic heterocycles. The summed E-state index contributed by atoms with van der Waals surface area (Å²) in [7, 11) is 0. The van der Waals surface area contributed by atoms with E-state index in [-0.39, 0.29) is 6.10 Å². The molecule has 0 amide bonds. The zero-order valence-electron chi connectivity index (χ0n) is 11.1. The number of ether oxygens (including phenoxy) is 1. The first kappa shape index (κ1) is 13.5. The van der Waals surface area contributed by atoms with E-state index < -0.39 is 0 Å². The van der Waals surface area contributed by atoms with Crippen LogP contribution in [-0.2, 0) is 6.54 Å². The molecule has 2 aromatic rings. The Kier molecular flexibility index (Phi) is 4.28. The summed E-state index contributed by atoms with van der Waals surface area (Å²) in [6.07, 6.45) is 6.63. The van der Waals surface area contributed by atoms with Crippen molar-refractivity contribution in [2.75, 3.05) is 13.1 Å². The van der Waals surface area contributed by atoms with Gasteiger partial charge in [0.15, 0.2) is 0 Å². The zero-order valence-corrected chi connectivity index (χ0v) is 12.7. The number of hydrogen-bond donors (Lipinski definition) is 0. The molecule has 0 N–H and O–H groups in total. The van der Waals surface area contributed by atoms with Gasteiger partial charge in [0, 0.05) is 38.2 Å². The fraction of sp³-hybridized carbons (Fsp3) is 0.333. The van der Waals surface area contributed by atoms with Crippen LogP contribution in [-0.4, -0.2) is 34.1 Å². The van der Waals surface area contributed by atoms with Crippen molar-refractivity contribution in [1.82, 2.24) is 14.9 Å². The summed E-state index contributed by atoms with van der Waals surface area (Å²) < 4.78 is 6.93. The molecule has 1 aliphatic rings. The Labute approximate surface area is 126 Å². The number of nitrogens with zero attached hydrogens (tertiary/aromatic N) is 3. The summed E-state index contributed by atoms with van der Waals surface area (Å²) in [5.74, 6) is 0.865. The summed E-state index contributed by atoms with van der Waals surface area (Å²) in [4.78, 5) is 10.8. The first-order valence-corrected chi connectivity index (χ1v) is 7.49. The summed E-state index contributed by atoms with van der Waals surface area (Å²) in [6.45, 7) is 2.87. The highest BCUT2D eigenvalue weighted by Gasteiger charge is 2.24. The van der Waals surface area contributed by atoms with Crippen LogP contribution in [0, 0.1) is 0 Å². The summed E-state index contributed by atoms with van der Waals surface area (Å²) in [6, 6.07) is 7.93. The Hall–Kier alpha value is -1.46. The Bertz CT molecular complexity index is 564. The number of halogens is 1. The third-order valence-electron chi connectivity index (χ3n) is 3.37. The first-order valence-electron chi connectivity index (χ1n) is 6.70. The van der Waals surface area contributed by atoms with E-state index in [1.165, 1.54) is 0 Å². The molecule has 0 bridgehead atoms. The summed E-state index contributed by atoms with van der Waals surface area (Å²) in [5.41, 5.74) is 1.11. The smallest absolute Gasteiger partial charge is 0.137 e. The molecule has 0 saturated carbocycles. The van der Waals surface area contributed by atoms with Gasteiger partial charge in [-0.25, -0.2) is 0 Å². The number of likely N-dealkylation sites (tertiary alicyclic amines) is 1. The third kappa shape index (κ3) is 3.35. The highest BCUT2D eigenvalue weighted by molar-refractivity contribution is 9.10. The minimum atomic E-state index is 0.234. The maximum Gasteiger partial charge on any atom is 0.137 e. The minimum Gasteiger partial charge on any atom is -0.488 e. The van der Waals surface area contributed by atoms with Gasteiger partial charge in [0.1, 0.15) is 11.9 Å². The molecule has 0 aromatic carbocycles. The fourth-order valence-corrected chi connectivity index (χ4v) is 2.74. The molecular weight excluding hydrogens is 318 g/mol. The van der Waals surface area contributed by atoms with Crippen LogP contribution in [0.5, 0.6) is 5.75 Å². The third-order valence-corrected chi connectivity index (χ3v) is 3.97. The molecule has 0 radical (unpaired) electrons. The van der Waals surface area contributed by atoms with Gasteiger partial charge < -0.3 is 4.74 Å². The van der Waals surface area contributed by atoms with Crippen LogP contribution in [0.3, 0.4) is 0 Å². The zero-order chi connectivity index (χ0) is 13.8. The molecule has 3 heterocycles. The van der Waals surface area contributed by atoms with Crippen molar-refractivity contribution in [1.29, 1.82) is 0 Å². The van der Waals surface area contributed by atoms with Gasteiger partial charge in [-0.2, -0.15) is 0 Å². The second-order valence-electron chi connectivity index (χ2n) is 4.89. The molecule has 1 saturated heterocycles. The van der Waals surface area contributed by atoms with Gasteiger partial charge in [-0.3, -0.25) is 14.9 Å². The van der Waals surface area contributed by atoms with E-state index in [0.29, 0.717) is 0 Å². The van der Waals surface area contributed by atoms with Crippen molar-refractivity contribution in [3.8, 4) is 5.75 Å². The van der Waals surface area contributed by atoms with Crippen LogP contribution < -0.4 is 4.74 Å². The normalized spacial score (nSPS) is 19.1. The standard InChI is InChI=1S/C15H16BrN3O/c16-14-9-17-7-4-15(14)20-13-5-8-19(11-13)10-12-3-1-2-6-18-12/h1-4,6-7,9,13H,5,8,10-11H2. The average Bonchev–Trinajstić information content (AvgIpc) is 2.90. The molecule has 0 spiro atoms. The van der Waals surface area contributed by atoms with E-state index in [1.807, 2.05) is 24.4 Å². The lowest BCUT2D eigenvalue weighted by Crippen LogP contribution is -2.25.